The molecule has 2 aliphatic carbocycles. The van der Waals surface area contributed by atoms with Crippen molar-refractivity contribution in [3.63, 3.8) is 0 Å². The van der Waals surface area contributed by atoms with Crippen LogP contribution in [0.1, 0.15) is 64.4 Å². The van der Waals surface area contributed by atoms with E-state index in [2.05, 4.69) is 22.2 Å². The number of nitrogens with zero attached hydrogens (tertiary/aromatic N) is 2. The first-order valence-corrected chi connectivity index (χ1v) is 18.9. The van der Waals surface area contributed by atoms with Gasteiger partial charge < -0.3 is 45.1 Å². The number of aliphatic hydroxyl groups is 1. The predicted octanol–water partition coefficient (Wildman–Crippen LogP) is 5.15. The lowest BCUT2D eigenvalue weighted by Crippen LogP contribution is -2.76. The molecule has 2 bridgehead atoms. The number of fused-ring (bicyclic) bond motifs is 6. The number of piperidine rings is 1. The highest BCUT2D eigenvalue weighted by molar-refractivity contribution is 7.80. The Kier molecular flexibility index (Phi) is 8.28. The predicted molar refractivity (Wildman–Crippen MR) is 210 cm³/mol. The van der Waals surface area contributed by atoms with Crippen molar-refractivity contribution < 1.29 is 49.3 Å². The second-order valence-corrected chi connectivity index (χ2v) is 15.5. The first-order valence-electron chi connectivity index (χ1n) is 18.5. The average Bonchev–Trinajstić information content (AvgIpc) is 3.66. The summed E-state index contributed by atoms with van der Waals surface area (Å²) in [6.45, 7) is 6.44. The second kappa shape index (κ2) is 12.9. The van der Waals surface area contributed by atoms with Crippen molar-refractivity contribution >= 4 is 40.7 Å². The number of likely N-dealkylation sites (tertiary alicyclic amines) is 1. The Morgan fingerprint density at radius 2 is 1.70 bits per heavy atom. The normalized spacial score (nSPS) is 25.6. The van der Waals surface area contributed by atoms with E-state index in [9.17, 15) is 25.2 Å². The number of carboxylic acids is 1. The number of anilines is 1. The minimum Gasteiger partial charge on any atom is -0.508 e. The van der Waals surface area contributed by atoms with Crippen molar-refractivity contribution in [3.8, 4) is 34.5 Å². The SMILES string of the molecule is C=CCN1CC[C@]23c4c5ccc(O)c4O[C@H]2/C(=N\NC(=S)Nc2ccc4c(c2)C(=O)OC42c4ccc(O)cc4Oc4cc(O)ccc42)CC[C@@]3(O)[C@H]1C5.CC(=O)O. The van der Waals surface area contributed by atoms with Crippen molar-refractivity contribution in [3.05, 3.63) is 113 Å². The Balaban J connectivity index is 0.00000101. The van der Waals surface area contributed by atoms with Crippen LogP contribution in [0, 0.1) is 0 Å². The Morgan fingerprint density at radius 1 is 1.02 bits per heavy atom. The molecule has 1 saturated heterocycles. The number of nitrogens with one attached hydrogen (secondary N) is 2. The van der Waals surface area contributed by atoms with E-state index < -0.39 is 34.7 Å². The maximum Gasteiger partial charge on any atom is 0.340 e. The molecule has 15 heteroatoms. The molecule has 0 aromatic heterocycles. The maximum atomic E-state index is 13.6. The minimum absolute atomic E-state index is 0.0245. The van der Waals surface area contributed by atoms with Crippen LogP contribution in [-0.4, -0.2) is 84.0 Å². The van der Waals surface area contributed by atoms with Crippen LogP contribution >= 0.6 is 12.2 Å². The average molecular weight is 791 g/mol. The summed E-state index contributed by atoms with van der Waals surface area (Å²) >= 11 is 5.67. The maximum absolute atomic E-state index is 13.6. The fourth-order valence-electron chi connectivity index (χ4n) is 9.99. The van der Waals surface area contributed by atoms with Gasteiger partial charge in [-0.25, -0.2) is 4.79 Å². The van der Waals surface area contributed by atoms with E-state index in [1.165, 1.54) is 24.3 Å². The number of aromatic hydroxyl groups is 3. The summed E-state index contributed by atoms with van der Waals surface area (Å²) in [5, 5.41) is 59.4. The van der Waals surface area contributed by atoms with Crippen LogP contribution in [0.15, 0.2) is 84.5 Å². The molecular formula is C42H38N4O10S. The number of hydrogen-bond donors (Lipinski definition) is 7. The number of esters is 1. The number of rotatable bonds is 4. The number of carbonyl (C=O) groups excluding carboxylic acids is 1. The van der Waals surface area contributed by atoms with Gasteiger partial charge in [0.15, 0.2) is 28.3 Å². The van der Waals surface area contributed by atoms with Crippen LogP contribution in [0.5, 0.6) is 34.5 Å². The van der Waals surface area contributed by atoms with E-state index in [0.29, 0.717) is 83.1 Å². The number of benzene rings is 4. The van der Waals surface area contributed by atoms with Gasteiger partial charge >= 0.3 is 5.97 Å². The third kappa shape index (κ3) is 5.22. The Labute approximate surface area is 331 Å². The molecule has 4 aromatic rings. The van der Waals surface area contributed by atoms with Crippen LogP contribution in [0.25, 0.3) is 0 Å². The van der Waals surface area contributed by atoms with Crippen molar-refractivity contribution in [1.82, 2.24) is 10.3 Å². The molecule has 14 nitrogen and oxygen atoms in total. The molecule has 4 aliphatic heterocycles. The third-order valence-corrected chi connectivity index (χ3v) is 12.3. The standard InChI is InChI=1S/C40H34N4O8S.C2H4O2/c1-2-14-44-15-13-38-33-20-3-10-29(47)34(33)51-35(38)28(11-12-39(38,49)32(44)16-20)42-43-37(53)41-21-4-7-25-24(17-21)36(48)52-40(25)26-8-5-22(45)18-30(26)50-31-19-23(46)6-9-27(31)40;1-2(3)4/h2-10,17-19,32,35,45-47,49H,1,11-16H2,(H2,41,43,53);1H3,(H,3,4)/b42-28-;/t32-,35+,38+,39-;/m1./s1. The fraction of sp³-hybridized carbons (Fsp3) is 0.286. The Bertz CT molecular complexity index is 2420. The number of carboxylic acid groups (broad SMARTS) is 1. The van der Waals surface area contributed by atoms with Crippen LogP contribution < -0.4 is 20.2 Å². The lowest BCUT2D eigenvalue weighted by atomic mass is 9.49. The van der Waals surface area contributed by atoms with Gasteiger partial charge in [-0.05, 0) is 85.9 Å². The lowest BCUT2D eigenvalue weighted by Gasteiger charge is -2.63. The van der Waals surface area contributed by atoms with E-state index in [1.54, 1.807) is 36.4 Å². The lowest BCUT2D eigenvalue weighted by molar-refractivity contribution is -0.163. The van der Waals surface area contributed by atoms with Gasteiger partial charge in [0.1, 0.15) is 23.0 Å². The van der Waals surface area contributed by atoms with Crippen molar-refractivity contribution in [2.45, 2.75) is 61.4 Å². The van der Waals surface area contributed by atoms with Gasteiger partial charge in [-0.1, -0.05) is 18.2 Å². The quantitative estimate of drug-likeness (QED) is 0.0620. The summed E-state index contributed by atoms with van der Waals surface area (Å²) in [7, 11) is 0. The summed E-state index contributed by atoms with van der Waals surface area (Å²) in [5.74, 6) is -0.393. The van der Waals surface area contributed by atoms with Crippen molar-refractivity contribution in [2.75, 3.05) is 18.4 Å². The first-order chi connectivity index (χ1) is 27.3. The summed E-state index contributed by atoms with van der Waals surface area (Å²) in [5.41, 5.74) is 4.80. The highest BCUT2D eigenvalue weighted by Crippen LogP contribution is 2.65. The third-order valence-electron chi connectivity index (χ3n) is 12.1. The van der Waals surface area contributed by atoms with Gasteiger partial charge in [0.2, 0.25) is 0 Å². The summed E-state index contributed by atoms with van der Waals surface area (Å²) in [6, 6.07) is 17.9. The Morgan fingerprint density at radius 3 is 2.39 bits per heavy atom. The monoisotopic (exact) mass is 790 g/mol. The molecule has 10 rings (SSSR count). The fourth-order valence-corrected chi connectivity index (χ4v) is 10.2. The van der Waals surface area contributed by atoms with E-state index >= 15 is 0 Å². The molecule has 0 unspecified atom stereocenters. The molecule has 4 atom stereocenters. The number of hydrogen-bond acceptors (Lipinski definition) is 12. The summed E-state index contributed by atoms with van der Waals surface area (Å²) < 4.78 is 18.8. The molecule has 6 aliphatic rings. The van der Waals surface area contributed by atoms with Gasteiger partial charge in [0, 0.05) is 66.1 Å². The smallest absolute Gasteiger partial charge is 0.340 e. The molecule has 292 valence electrons. The molecule has 4 heterocycles. The molecule has 7 N–H and O–H groups in total. The zero-order chi connectivity index (χ0) is 40.0. The summed E-state index contributed by atoms with van der Waals surface area (Å²) in [4.78, 5) is 24.9. The number of carbonyl (C=O) groups is 2. The number of phenols is 3. The van der Waals surface area contributed by atoms with Crippen molar-refractivity contribution in [2.24, 2.45) is 5.10 Å². The van der Waals surface area contributed by atoms with Gasteiger partial charge in [0.05, 0.1) is 22.3 Å². The number of hydrazone groups is 1. The number of thiocarbonyl (C=S) groups is 1. The molecule has 0 amide bonds. The zero-order valence-corrected chi connectivity index (χ0v) is 31.4. The van der Waals surface area contributed by atoms with Crippen LogP contribution in [0.4, 0.5) is 5.69 Å². The summed E-state index contributed by atoms with van der Waals surface area (Å²) in [6.07, 6.45) is 3.46. The molecule has 4 aromatic carbocycles. The Hall–Kier alpha value is -6.16. The second-order valence-electron chi connectivity index (χ2n) is 15.1. The number of aliphatic carboxylic acids is 1. The highest BCUT2D eigenvalue weighted by atomic mass is 32.1. The van der Waals surface area contributed by atoms with E-state index in [1.807, 2.05) is 12.1 Å². The molecular weight excluding hydrogens is 753 g/mol. The van der Waals surface area contributed by atoms with Gasteiger partial charge in [0.25, 0.3) is 5.97 Å². The van der Waals surface area contributed by atoms with E-state index in [-0.39, 0.29) is 28.4 Å². The molecule has 0 radical (unpaired) electrons. The zero-order valence-electron chi connectivity index (χ0n) is 30.6. The molecule has 2 fully saturated rings. The van der Waals surface area contributed by atoms with E-state index in [4.69, 9.17) is 41.4 Å². The van der Waals surface area contributed by atoms with Gasteiger partial charge in [-0.15, -0.1) is 6.58 Å². The molecule has 2 spiro atoms. The van der Waals surface area contributed by atoms with Crippen LogP contribution in [0.3, 0.4) is 0 Å². The van der Waals surface area contributed by atoms with Crippen LogP contribution in [-0.2, 0) is 27.0 Å². The first kappa shape index (κ1) is 36.5. The largest absolute Gasteiger partial charge is 0.508 e. The van der Waals surface area contributed by atoms with Gasteiger partial charge in [-0.2, -0.15) is 5.10 Å². The topological polar surface area (TPSA) is 203 Å². The number of phenolic OH excluding ortho intramolecular Hbond substituents is 3. The highest BCUT2D eigenvalue weighted by Gasteiger charge is 2.72. The van der Waals surface area contributed by atoms with Gasteiger partial charge in [-0.3, -0.25) is 15.1 Å². The van der Waals surface area contributed by atoms with Crippen LogP contribution in [0.2, 0.25) is 0 Å². The molecule has 57 heavy (non-hydrogen) atoms. The number of ether oxygens (including phenoxy) is 3. The van der Waals surface area contributed by atoms with Crippen molar-refractivity contribution in [1.29, 1.82) is 0 Å². The molecule has 1 saturated carbocycles. The van der Waals surface area contributed by atoms with E-state index in [0.717, 1.165) is 24.6 Å². The minimum atomic E-state index is -1.38.